The number of carboxylic acids is 2. The Kier molecular flexibility index (Phi) is 1.67. The van der Waals surface area contributed by atoms with Gasteiger partial charge in [0.2, 0.25) is 0 Å². The summed E-state index contributed by atoms with van der Waals surface area (Å²) >= 11 is 3.82. The molecule has 4 nitrogen and oxygen atoms in total. The molecule has 0 aliphatic heterocycles. The molecule has 0 heterocycles. The standard InChI is InChI=1S/C14H13BrO4/c15-12-7-3-1-2-4-5(3)10(12)8(6(2)7)9(4)11(13(16)17)14(18)19/h2-8,10,12H,1H2,(H,16,17)(H,18,19)/t2-,3-,4-,5-,6+,7-,8-,10-,12+/m0/s1. The maximum absolute atomic E-state index is 11.4. The maximum Gasteiger partial charge on any atom is 0.343 e. The number of allylic oxidation sites excluding steroid dienone is 1. The molecule has 0 amide bonds. The van der Waals surface area contributed by atoms with Gasteiger partial charge in [0, 0.05) is 4.83 Å². The van der Waals surface area contributed by atoms with Crippen molar-refractivity contribution in [1.29, 1.82) is 0 Å². The molecular formula is C14H13BrO4. The van der Waals surface area contributed by atoms with Crippen molar-refractivity contribution < 1.29 is 19.8 Å². The van der Waals surface area contributed by atoms with Crippen molar-refractivity contribution in [1.82, 2.24) is 0 Å². The fourth-order valence-electron chi connectivity index (χ4n) is 6.94. The van der Waals surface area contributed by atoms with Gasteiger partial charge in [0.25, 0.3) is 0 Å². The lowest BCUT2D eigenvalue weighted by Crippen LogP contribution is -2.30. The van der Waals surface area contributed by atoms with Gasteiger partial charge in [-0.2, -0.15) is 0 Å². The summed E-state index contributed by atoms with van der Waals surface area (Å²) in [5, 5.41) is 18.6. The molecule has 0 saturated heterocycles. The van der Waals surface area contributed by atoms with Crippen molar-refractivity contribution in [3.8, 4) is 0 Å². The number of halogens is 1. The average molecular weight is 325 g/mol. The highest BCUT2D eigenvalue weighted by Gasteiger charge is 2.82. The third kappa shape index (κ3) is 0.874. The largest absolute Gasteiger partial charge is 0.477 e. The molecule has 6 aliphatic carbocycles. The molecule has 6 aliphatic rings. The van der Waals surface area contributed by atoms with E-state index in [9.17, 15) is 19.8 Å². The van der Waals surface area contributed by atoms with Crippen LogP contribution in [0.3, 0.4) is 0 Å². The minimum absolute atomic E-state index is 0.246. The van der Waals surface area contributed by atoms with Gasteiger partial charge in [0.15, 0.2) is 0 Å². The Labute approximate surface area is 118 Å². The van der Waals surface area contributed by atoms with Crippen LogP contribution in [0.25, 0.3) is 0 Å². The van der Waals surface area contributed by atoms with E-state index in [1.165, 1.54) is 6.42 Å². The normalized spacial score (nSPS) is 57.7. The van der Waals surface area contributed by atoms with Gasteiger partial charge in [-0.1, -0.05) is 15.9 Å². The van der Waals surface area contributed by atoms with E-state index < -0.39 is 11.9 Å². The summed E-state index contributed by atoms with van der Waals surface area (Å²) in [7, 11) is 0. The van der Waals surface area contributed by atoms with Crippen LogP contribution in [0.2, 0.25) is 0 Å². The van der Waals surface area contributed by atoms with Crippen LogP contribution < -0.4 is 0 Å². The topological polar surface area (TPSA) is 74.6 Å². The van der Waals surface area contributed by atoms with Gasteiger partial charge >= 0.3 is 11.9 Å². The molecule has 6 saturated carbocycles. The number of rotatable bonds is 2. The minimum atomic E-state index is -1.25. The zero-order chi connectivity index (χ0) is 13.2. The number of carboxylic acid groups (broad SMARTS) is 2. The zero-order valence-corrected chi connectivity index (χ0v) is 11.6. The van der Waals surface area contributed by atoms with Crippen LogP contribution in [0.15, 0.2) is 11.1 Å². The Morgan fingerprint density at radius 2 is 1.58 bits per heavy atom. The molecule has 0 radical (unpaired) electrons. The Morgan fingerprint density at radius 1 is 0.947 bits per heavy atom. The number of alkyl halides is 1. The Hall–Kier alpha value is -0.840. The van der Waals surface area contributed by atoms with Crippen LogP contribution >= 0.6 is 15.9 Å². The van der Waals surface area contributed by atoms with Crippen molar-refractivity contribution in [2.75, 3.05) is 0 Å². The molecular weight excluding hydrogens is 312 g/mol. The second-order valence-electron chi connectivity index (χ2n) is 6.81. The third-order valence-electron chi connectivity index (χ3n) is 6.79. The van der Waals surface area contributed by atoms with E-state index >= 15 is 0 Å². The van der Waals surface area contributed by atoms with Crippen molar-refractivity contribution in [3.63, 3.8) is 0 Å². The number of carbonyl (C=O) groups is 2. The third-order valence-corrected chi connectivity index (χ3v) is 8.01. The molecule has 0 aromatic rings. The Balaban J connectivity index is 1.77. The van der Waals surface area contributed by atoms with Crippen LogP contribution in [-0.4, -0.2) is 27.0 Å². The molecule has 9 atom stereocenters. The molecule has 100 valence electrons. The second-order valence-corrected chi connectivity index (χ2v) is 7.87. The Morgan fingerprint density at radius 3 is 2.16 bits per heavy atom. The molecule has 0 unspecified atom stereocenters. The molecule has 6 fully saturated rings. The highest BCUT2D eigenvalue weighted by molar-refractivity contribution is 9.09. The van der Waals surface area contributed by atoms with Gasteiger partial charge in [-0.25, -0.2) is 9.59 Å². The summed E-state index contributed by atoms with van der Waals surface area (Å²) in [5.74, 6) is 1.65. The first-order chi connectivity index (χ1) is 9.04. The lowest BCUT2D eigenvalue weighted by atomic mass is 9.71. The summed E-state index contributed by atoms with van der Waals surface area (Å²) in [4.78, 5) is 23.2. The van der Waals surface area contributed by atoms with E-state index in [4.69, 9.17) is 0 Å². The van der Waals surface area contributed by atoms with Crippen LogP contribution in [0.1, 0.15) is 6.42 Å². The first kappa shape index (κ1) is 10.9. The monoisotopic (exact) mass is 324 g/mol. The molecule has 2 N–H and O–H groups in total. The van der Waals surface area contributed by atoms with Gasteiger partial charge in [0.05, 0.1) is 0 Å². The van der Waals surface area contributed by atoms with E-state index in [0.717, 1.165) is 11.5 Å². The summed E-state index contributed by atoms with van der Waals surface area (Å²) in [5.41, 5.74) is 0.495. The lowest BCUT2D eigenvalue weighted by Gasteiger charge is -2.32. The highest BCUT2D eigenvalue weighted by Crippen LogP contribution is 2.85. The van der Waals surface area contributed by atoms with Crippen molar-refractivity contribution in [3.05, 3.63) is 11.1 Å². The summed E-state index contributed by atoms with van der Waals surface area (Å²) in [6.45, 7) is 0. The SMILES string of the molecule is O=C(O)C(C(=O)O)=C1[C@H]2[C@@H]3C[C@@H]4[C@@H]5[C@@H](Br)[C@H]([C@H]1[C@H]35)[C@@H]42. The number of aliphatic carboxylic acids is 2. The molecule has 0 aromatic heterocycles. The van der Waals surface area contributed by atoms with Gasteiger partial charge < -0.3 is 10.2 Å². The smallest absolute Gasteiger partial charge is 0.343 e. The van der Waals surface area contributed by atoms with Gasteiger partial charge in [-0.15, -0.1) is 0 Å². The van der Waals surface area contributed by atoms with E-state index in [1.807, 2.05) is 0 Å². The molecule has 0 aromatic carbocycles. The molecule has 6 rings (SSSR count). The van der Waals surface area contributed by atoms with Gasteiger partial charge in [-0.3, -0.25) is 0 Å². The van der Waals surface area contributed by atoms with Gasteiger partial charge in [-0.05, 0) is 59.3 Å². The predicted molar refractivity (Wildman–Crippen MR) is 67.5 cm³/mol. The van der Waals surface area contributed by atoms with Crippen molar-refractivity contribution in [2.45, 2.75) is 11.2 Å². The van der Waals surface area contributed by atoms with Crippen LogP contribution in [-0.2, 0) is 9.59 Å². The van der Waals surface area contributed by atoms with E-state index in [1.54, 1.807) is 0 Å². The lowest BCUT2D eigenvalue weighted by molar-refractivity contribution is -0.140. The second kappa shape index (κ2) is 2.92. The van der Waals surface area contributed by atoms with Crippen molar-refractivity contribution >= 4 is 27.9 Å². The van der Waals surface area contributed by atoms with E-state index in [2.05, 4.69) is 15.9 Å². The van der Waals surface area contributed by atoms with Gasteiger partial charge in [0.1, 0.15) is 5.57 Å². The molecule has 19 heavy (non-hydrogen) atoms. The summed E-state index contributed by atoms with van der Waals surface area (Å²) < 4.78 is 0. The first-order valence-corrected chi connectivity index (χ1v) is 7.80. The predicted octanol–water partition coefficient (Wildman–Crippen LogP) is 1.60. The van der Waals surface area contributed by atoms with Crippen LogP contribution in [0.4, 0.5) is 0 Å². The van der Waals surface area contributed by atoms with Crippen molar-refractivity contribution in [2.24, 2.45) is 47.3 Å². The van der Waals surface area contributed by atoms with E-state index in [-0.39, 0.29) is 17.4 Å². The fraction of sp³-hybridized carbons (Fsp3) is 0.714. The summed E-state index contributed by atoms with van der Waals surface area (Å²) in [6.07, 6.45) is 1.20. The quantitative estimate of drug-likeness (QED) is 0.350. The fourth-order valence-corrected chi connectivity index (χ4v) is 8.37. The first-order valence-electron chi connectivity index (χ1n) is 6.88. The van der Waals surface area contributed by atoms with Crippen LogP contribution in [0.5, 0.6) is 0 Å². The maximum atomic E-state index is 11.4. The molecule has 6 bridgehead atoms. The minimum Gasteiger partial charge on any atom is -0.477 e. The Bertz CT molecular complexity index is 564. The number of hydrogen-bond donors (Lipinski definition) is 2. The molecule has 5 heteroatoms. The number of hydrogen-bond acceptors (Lipinski definition) is 2. The molecule has 0 spiro atoms. The zero-order valence-electron chi connectivity index (χ0n) is 9.99. The highest BCUT2D eigenvalue weighted by atomic mass is 79.9. The van der Waals surface area contributed by atoms with E-state index in [0.29, 0.717) is 34.4 Å². The summed E-state index contributed by atoms with van der Waals surface area (Å²) in [6, 6.07) is 0. The van der Waals surface area contributed by atoms with Crippen LogP contribution in [0, 0.1) is 47.3 Å². The average Bonchev–Trinajstić information content (AvgIpc) is 3.01.